The third kappa shape index (κ3) is 5.99. The lowest BCUT2D eigenvalue weighted by Crippen LogP contribution is -2.34. The van der Waals surface area contributed by atoms with Crippen molar-refractivity contribution in [2.45, 2.75) is 11.9 Å². The molecule has 19 heavy (non-hydrogen) atoms. The molecule has 0 heterocycles. The molecule has 0 aliphatic carbocycles. The maximum absolute atomic E-state index is 11.9. The van der Waals surface area contributed by atoms with Crippen molar-refractivity contribution >= 4 is 27.2 Å². The van der Waals surface area contributed by atoms with Crippen molar-refractivity contribution in [3.63, 3.8) is 0 Å². The van der Waals surface area contributed by atoms with Gasteiger partial charge in [0.1, 0.15) is 11.5 Å². The largest absolute Gasteiger partial charge is 0.402 e. The molecule has 0 aliphatic rings. The number of rotatable bonds is 5. The van der Waals surface area contributed by atoms with E-state index in [2.05, 4.69) is 0 Å². The molecule has 0 radical (unpaired) electrons. The molecule has 0 aromatic heterocycles. The quantitative estimate of drug-likeness (QED) is 0.804. The Morgan fingerprint density at radius 3 is 2.53 bits per heavy atom. The van der Waals surface area contributed by atoms with E-state index in [-0.39, 0.29) is 4.99 Å². The van der Waals surface area contributed by atoms with Crippen LogP contribution in [-0.2, 0) is 15.8 Å². The summed E-state index contributed by atoms with van der Waals surface area (Å²) in [6, 6.07) is 6.01. The molecule has 0 aliphatic heterocycles. The zero-order valence-electron chi connectivity index (χ0n) is 9.57. The molecule has 9 heteroatoms. The summed E-state index contributed by atoms with van der Waals surface area (Å²) in [5, 5.41) is 0. The molecule has 3 N–H and O–H groups in total. The number of hydrogen-bond donors (Lipinski definition) is 2. The number of alkyl halides is 3. The van der Waals surface area contributed by atoms with Crippen molar-refractivity contribution in [3.8, 4) is 0 Å². The summed E-state index contributed by atoms with van der Waals surface area (Å²) < 4.78 is 60.2. The predicted octanol–water partition coefficient (Wildman–Crippen LogP) is 1.30. The van der Waals surface area contributed by atoms with E-state index < -0.39 is 28.5 Å². The van der Waals surface area contributed by atoms with Gasteiger partial charge in [0.05, 0.1) is 5.75 Å². The van der Waals surface area contributed by atoms with Gasteiger partial charge in [-0.2, -0.15) is 13.2 Å². The molecule has 0 unspecified atom stereocenters. The molecule has 4 nitrogen and oxygen atoms in total. The SMILES string of the molecule is NC(=S)c1cccc(CS(=O)(=O)NCC(F)(F)F)c1. The Morgan fingerprint density at radius 2 is 2.00 bits per heavy atom. The molecule has 1 aromatic carbocycles. The van der Waals surface area contributed by atoms with Crippen LogP contribution in [0.15, 0.2) is 24.3 Å². The first-order valence-corrected chi connectivity index (χ1v) is 7.08. The highest BCUT2D eigenvalue weighted by Gasteiger charge is 2.29. The summed E-state index contributed by atoms with van der Waals surface area (Å²) in [5.41, 5.74) is 6.14. The minimum atomic E-state index is -4.59. The summed E-state index contributed by atoms with van der Waals surface area (Å²) in [5.74, 6) is -0.570. The van der Waals surface area contributed by atoms with E-state index in [0.29, 0.717) is 11.1 Å². The van der Waals surface area contributed by atoms with Crippen molar-refractivity contribution in [2.75, 3.05) is 6.54 Å². The Balaban J connectivity index is 2.78. The molecule has 0 amide bonds. The summed E-state index contributed by atoms with van der Waals surface area (Å²) in [6.07, 6.45) is -4.59. The number of halogens is 3. The zero-order valence-corrected chi connectivity index (χ0v) is 11.2. The minimum absolute atomic E-state index is 0.0856. The van der Waals surface area contributed by atoms with Crippen molar-refractivity contribution in [1.82, 2.24) is 4.72 Å². The average molecular weight is 312 g/mol. The smallest absolute Gasteiger partial charge is 0.389 e. The van der Waals surface area contributed by atoms with Crippen LogP contribution in [0.25, 0.3) is 0 Å². The van der Waals surface area contributed by atoms with E-state index in [4.69, 9.17) is 18.0 Å². The maximum atomic E-state index is 11.9. The number of sulfonamides is 1. The second-order valence-corrected chi connectivity index (χ2v) is 6.01. The van der Waals surface area contributed by atoms with E-state index in [1.807, 2.05) is 0 Å². The van der Waals surface area contributed by atoms with Crippen LogP contribution < -0.4 is 10.5 Å². The number of nitrogens with two attached hydrogens (primary N) is 1. The van der Waals surface area contributed by atoms with Gasteiger partial charge in [0, 0.05) is 5.56 Å². The molecule has 0 saturated heterocycles. The number of thiocarbonyl (C=S) groups is 1. The fraction of sp³-hybridized carbons (Fsp3) is 0.300. The molecule has 1 aromatic rings. The maximum Gasteiger partial charge on any atom is 0.402 e. The first kappa shape index (κ1) is 15.9. The van der Waals surface area contributed by atoms with Crippen molar-refractivity contribution in [1.29, 1.82) is 0 Å². The number of benzene rings is 1. The lowest BCUT2D eigenvalue weighted by molar-refractivity contribution is -0.121. The Labute approximate surface area is 113 Å². The topological polar surface area (TPSA) is 72.2 Å². The molecule has 106 valence electrons. The normalized spacial score (nSPS) is 12.4. The van der Waals surface area contributed by atoms with E-state index in [1.165, 1.54) is 22.9 Å². The van der Waals surface area contributed by atoms with E-state index in [0.717, 1.165) is 0 Å². The monoisotopic (exact) mass is 312 g/mol. The molecular weight excluding hydrogens is 301 g/mol. The standard InChI is InChI=1S/C10H11F3N2O2S2/c11-10(12,13)6-15-19(16,17)5-7-2-1-3-8(4-7)9(14)18/h1-4,15H,5-6H2,(H2,14,18). The highest BCUT2D eigenvalue weighted by Crippen LogP contribution is 2.14. The van der Waals surface area contributed by atoms with Gasteiger partial charge in [-0.3, -0.25) is 0 Å². The molecule has 0 saturated carbocycles. The van der Waals surface area contributed by atoms with Gasteiger partial charge in [0.25, 0.3) is 0 Å². The highest BCUT2D eigenvalue weighted by atomic mass is 32.2. The second kappa shape index (κ2) is 5.85. The second-order valence-electron chi connectivity index (χ2n) is 3.76. The van der Waals surface area contributed by atoms with Crippen molar-refractivity contribution < 1.29 is 21.6 Å². The van der Waals surface area contributed by atoms with Gasteiger partial charge in [0.2, 0.25) is 10.0 Å². The zero-order chi connectivity index (χ0) is 14.7. The van der Waals surface area contributed by atoms with Crippen LogP contribution in [0, 0.1) is 0 Å². The van der Waals surface area contributed by atoms with Gasteiger partial charge in [0.15, 0.2) is 0 Å². The van der Waals surface area contributed by atoms with Crippen LogP contribution in [0.5, 0.6) is 0 Å². The lowest BCUT2D eigenvalue weighted by atomic mass is 10.1. The summed E-state index contributed by atoms with van der Waals surface area (Å²) in [4.78, 5) is 0.0856. The van der Waals surface area contributed by atoms with Crippen LogP contribution in [0.3, 0.4) is 0 Å². The van der Waals surface area contributed by atoms with E-state index in [9.17, 15) is 21.6 Å². The summed E-state index contributed by atoms with van der Waals surface area (Å²) >= 11 is 4.73. The molecular formula is C10H11F3N2O2S2. The fourth-order valence-electron chi connectivity index (χ4n) is 1.28. The molecule has 1 rings (SSSR count). The number of nitrogens with one attached hydrogen (secondary N) is 1. The summed E-state index contributed by atoms with van der Waals surface area (Å²) in [6.45, 7) is -1.59. The van der Waals surface area contributed by atoms with Gasteiger partial charge in [-0.1, -0.05) is 30.4 Å². The minimum Gasteiger partial charge on any atom is -0.389 e. The van der Waals surface area contributed by atoms with Crippen LogP contribution >= 0.6 is 12.2 Å². The van der Waals surface area contributed by atoms with Crippen LogP contribution in [0.4, 0.5) is 13.2 Å². The van der Waals surface area contributed by atoms with E-state index in [1.54, 1.807) is 6.07 Å². The predicted molar refractivity (Wildman–Crippen MR) is 69.0 cm³/mol. The van der Waals surface area contributed by atoms with Crippen LogP contribution in [0.1, 0.15) is 11.1 Å². The van der Waals surface area contributed by atoms with E-state index >= 15 is 0 Å². The Bertz CT molecular complexity index is 570. The molecule has 0 bridgehead atoms. The van der Waals surface area contributed by atoms with Crippen LogP contribution in [-0.4, -0.2) is 26.1 Å². The summed E-state index contributed by atoms with van der Waals surface area (Å²) in [7, 11) is -4.06. The van der Waals surface area contributed by atoms with Gasteiger partial charge >= 0.3 is 6.18 Å². The number of hydrogen-bond acceptors (Lipinski definition) is 3. The Hall–Kier alpha value is -1.19. The molecule has 0 fully saturated rings. The van der Waals surface area contributed by atoms with Crippen molar-refractivity contribution in [3.05, 3.63) is 35.4 Å². The van der Waals surface area contributed by atoms with Gasteiger partial charge < -0.3 is 5.73 Å². The van der Waals surface area contributed by atoms with Gasteiger partial charge in [-0.15, -0.1) is 0 Å². The van der Waals surface area contributed by atoms with Gasteiger partial charge in [-0.05, 0) is 11.6 Å². The van der Waals surface area contributed by atoms with Crippen LogP contribution in [0.2, 0.25) is 0 Å². The average Bonchev–Trinajstić information content (AvgIpc) is 2.25. The molecule has 0 atom stereocenters. The first-order chi connectivity index (χ1) is 8.59. The fourth-order valence-corrected chi connectivity index (χ4v) is 2.51. The van der Waals surface area contributed by atoms with Crippen molar-refractivity contribution in [2.24, 2.45) is 5.73 Å². The Morgan fingerprint density at radius 1 is 1.37 bits per heavy atom. The van der Waals surface area contributed by atoms with Gasteiger partial charge in [-0.25, -0.2) is 13.1 Å². The Kier molecular flexibility index (Phi) is 4.88. The third-order valence-corrected chi connectivity index (χ3v) is 3.59. The lowest BCUT2D eigenvalue weighted by Gasteiger charge is -2.09. The highest BCUT2D eigenvalue weighted by molar-refractivity contribution is 7.88. The molecule has 0 spiro atoms. The third-order valence-electron chi connectivity index (χ3n) is 2.06. The first-order valence-electron chi connectivity index (χ1n) is 5.02.